The summed E-state index contributed by atoms with van der Waals surface area (Å²) >= 11 is 2.67. The Morgan fingerprint density at radius 3 is 2.59 bits per heavy atom. The molecule has 0 bridgehead atoms. The molecule has 39 heavy (non-hydrogen) atoms. The summed E-state index contributed by atoms with van der Waals surface area (Å²) in [4.78, 5) is 30.9. The third-order valence-electron chi connectivity index (χ3n) is 6.79. The van der Waals surface area contributed by atoms with Crippen LogP contribution in [0, 0.1) is 28.6 Å². The number of carbonyl (C=O) groups is 2. The van der Waals surface area contributed by atoms with E-state index in [-0.39, 0.29) is 29.3 Å². The molecule has 10 heteroatoms. The summed E-state index contributed by atoms with van der Waals surface area (Å²) in [7, 11) is 1.34. The number of pyridine rings is 1. The second-order valence-electron chi connectivity index (χ2n) is 9.40. The van der Waals surface area contributed by atoms with Crippen molar-refractivity contribution in [2.24, 2.45) is 5.92 Å². The Hall–Kier alpha value is -3.86. The third kappa shape index (κ3) is 5.93. The van der Waals surface area contributed by atoms with Gasteiger partial charge < -0.3 is 15.8 Å². The number of methoxy groups -OCH3 is 1. The number of fused-ring (bicyclic) bond motifs is 1. The van der Waals surface area contributed by atoms with Gasteiger partial charge in [-0.3, -0.25) is 4.79 Å². The van der Waals surface area contributed by atoms with E-state index in [0.717, 1.165) is 41.7 Å². The molecule has 3 aromatic rings. The van der Waals surface area contributed by atoms with Gasteiger partial charge in [0.05, 0.1) is 18.2 Å². The number of thioether (sulfide) groups is 1. The van der Waals surface area contributed by atoms with Gasteiger partial charge in [-0.1, -0.05) is 38.1 Å². The van der Waals surface area contributed by atoms with Crippen LogP contribution in [0.15, 0.2) is 29.3 Å². The Kier molecular flexibility index (Phi) is 8.90. The molecular formula is C29H29N5O3S2. The lowest BCUT2D eigenvalue weighted by Gasteiger charge is -2.18. The SMILES string of the molecule is CCc1ccc(-c2c(C#N)c(N)nc(SCCC(=O)Nc3sc4c(c3C(=O)OC)CCC(C)C4)c2C#N)cc1. The third-order valence-corrected chi connectivity index (χ3v) is 8.94. The fourth-order valence-corrected chi connectivity index (χ4v) is 7.04. The number of benzene rings is 1. The highest BCUT2D eigenvalue weighted by atomic mass is 32.2. The van der Waals surface area contributed by atoms with Crippen LogP contribution >= 0.6 is 23.1 Å². The van der Waals surface area contributed by atoms with Gasteiger partial charge in [0.25, 0.3) is 0 Å². The average molecular weight is 560 g/mol. The lowest BCUT2D eigenvalue weighted by Crippen LogP contribution is -2.16. The number of hydrogen-bond acceptors (Lipinski definition) is 9. The molecule has 0 fully saturated rings. The predicted molar refractivity (Wildman–Crippen MR) is 154 cm³/mol. The first kappa shape index (κ1) is 28.2. The van der Waals surface area contributed by atoms with Crippen LogP contribution in [0.5, 0.6) is 0 Å². The monoisotopic (exact) mass is 559 g/mol. The minimum atomic E-state index is -0.442. The Morgan fingerprint density at radius 2 is 1.95 bits per heavy atom. The highest BCUT2D eigenvalue weighted by Gasteiger charge is 2.29. The van der Waals surface area contributed by atoms with Crippen LogP contribution in [0.4, 0.5) is 10.8 Å². The Labute approximate surface area is 236 Å². The number of nitrogens with two attached hydrogens (primary N) is 1. The molecular weight excluding hydrogens is 530 g/mol. The molecule has 8 nitrogen and oxygen atoms in total. The maximum absolute atomic E-state index is 12.9. The molecule has 1 aliphatic carbocycles. The summed E-state index contributed by atoms with van der Waals surface area (Å²) in [6.07, 6.45) is 3.64. The highest BCUT2D eigenvalue weighted by Crippen LogP contribution is 2.40. The van der Waals surface area contributed by atoms with E-state index in [9.17, 15) is 20.1 Å². The van der Waals surface area contributed by atoms with Gasteiger partial charge in [-0.15, -0.1) is 23.1 Å². The molecule has 0 saturated heterocycles. The number of anilines is 2. The van der Waals surface area contributed by atoms with Crippen LogP contribution in [0.1, 0.15) is 64.2 Å². The molecule has 0 aliphatic heterocycles. The first-order valence-electron chi connectivity index (χ1n) is 12.7. The Balaban J connectivity index is 1.53. The molecule has 0 radical (unpaired) electrons. The number of nitrogen functional groups attached to an aromatic ring is 1. The van der Waals surface area contributed by atoms with Gasteiger partial charge in [0.15, 0.2) is 0 Å². The number of aromatic nitrogens is 1. The van der Waals surface area contributed by atoms with Crippen molar-refractivity contribution in [2.75, 3.05) is 23.9 Å². The molecule has 2 aromatic heterocycles. The van der Waals surface area contributed by atoms with Crippen LogP contribution in [-0.4, -0.2) is 29.7 Å². The second kappa shape index (κ2) is 12.3. The van der Waals surface area contributed by atoms with Gasteiger partial charge in [0.1, 0.15) is 33.5 Å². The van der Waals surface area contributed by atoms with Crippen molar-refractivity contribution in [1.82, 2.24) is 4.98 Å². The van der Waals surface area contributed by atoms with E-state index in [2.05, 4.69) is 36.3 Å². The smallest absolute Gasteiger partial charge is 0.341 e. The van der Waals surface area contributed by atoms with Crippen molar-refractivity contribution in [3.05, 3.63) is 57.0 Å². The lowest BCUT2D eigenvalue weighted by atomic mass is 9.88. The standard InChI is InChI=1S/C29H29N5O3S2/c1-4-17-6-8-18(9-7-17)24-20(14-30)26(32)34-27(21(24)15-31)38-12-11-23(35)33-28-25(29(36)37-3)19-10-5-16(2)13-22(19)39-28/h6-9,16H,4-5,10-13H2,1-3H3,(H2,32,34)(H,33,35). The molecule has 0 spiro atoms. The fourth-order valence-electron chi connectivity index (χ4n) is 4.68. The largest absolute Gasteiger partial charge is 0.465 e. The van der Waals surface area contributed by atoms with Crippen molar-refractivity contribution in [1.29, 1.82) is 10.5 Å². The Morgan fingerprint density at radius 1 is 1.23 bits per heavy atom. The molecule has 1 atom stereocenters. The van der Waals surface area contributed by atoms with Gasteiger partial charge in [0.2, 0.25) is 5.91 Å². The van der Waals surface area contributed by atoms with Crippen LogP contribution in [0.2, 0.25) is 0 Å². The van der Waals surface area contributed by atoms with Crippen molar-refractivity contribution < 1.29 is 14.3 Å². The number of nitrogens with zero attached hydrogens (tertiary/aromatic N) is 3. The van der Waals surface area contributed by atoms with Crippen LogP contribution in [-0.2, 0) is 28.8 Å². The normalized spacial score (nSPS) is 14.1. The summed E-state index contributed by atoms with van der Waals surface area (Å²) in [5.74, 6) is 0.191. The number of thiophene rings is 1. The number of ether oxygens (including phenoxy) is 1. The second-order valence-corrected chi connectivity index (χ2v) is 11.6. The van der Waals surface area contributed by atoms with E-state index >= 15 is 0 Å². The summed E-state index contributed by atoms with van der Waals surface area (Å²) in [5, 5.41) is 23.5. The van der Waals surface area contributed by atoms with E-state index in [1.807, 2.05) is 24.3 Å². The summed E-state index contributed by atoms with van der Waals surface area (Å²) in [5.41, 5.74) is 10.3. The van der Waals surface area contributed by atoms with Crippen LogP contribution in [0.25, 0.3) is 11.1 Å². The van der Waals surface area contributed by atoms with E-state index < -0.39 is 5.97 Å². The summed E-state index contributed by atoms with van der Waals surface area (Å²) in [6.45, 7) is 4.23. The van der Waals surface area contributed by atoms with E-state index in [1.165, 1.54) is 30.2 Å². The van der Waals surface area contributed by atoms with Crippen LogP contribution in [0.3, 0.4) is 0 Å². The fraction of sp³-hybridized carbons (Fsp3) is 0.345. The summed E-state index contributed by atoms with van der Waals surface area (Å²) in [6, 6.07) is 11.9. The number of nitrogens with one attached hydrogen (secondary N) is 1. The van der Waals surface area contributed by atoms with Gasteiger partial charge in [-0.2, -0.15) is 10.5 Å². The van der Waals surface area contributed by atoms with Gasteiger partial charge in [-0.05, 0) is 48.3 Å². The minimum absolute atomic E-state index is 0.0409. The molecule has 2 heterocycles. The quantitative estimate of drug-likeness (QED) is 0.263. The molecule has 0 saturated carbocycles. The average Bonchev–Trinajstić information content (AvgIpc) is 3.28. The number of hydrogen-bond donors (Lipinski definition) is 2. The number of esters is 1. The van der Waals surface area contributed by atoms with E-state index in [0.29, 0.717) is 38.4 Å². The molecule has 200 valence electrons. The van der Waals surface area contributed by atoms with E-state index in [1.54, 1.807) is 0 Å². The zero-order valence-electron chi connectivity index (χ0n) is 22.1. The topological polar surface area (TPSA) is 142 Å². The predicted octanol–water partition coefficient (Wildman–Crippen LogP) is 5.73. The molecule has 3 N–H and O–H groups in total. The zero-order valence-corrected chi connectivity index (χ0v) is 23.7. The Bertz CT molecular complexity index is 1500. The minimum Gasteiger partial charge on any atom is -0.465 e. The maximum atomic E-state index is 12.9. The number of carbonyl (C=O) groups excluding carboxylic acids is 2. The molecule has 1 amide bonds. The number of rotatable bonds is 8. The molecule has 1 aromatic carbocycles. The van der Waals surface area contributed by atoms with Crippen LogP contribution < -0.4 is 11.1 Å². The van der Waals surface area contributed by atoms with Gasteiger partial charge >= 0.3 is 5.97 Å². The number of amides is 1. The van der Waals surface area contributed by atoms with Crippen molar-refractivity contribution in [3.63, 3.8) is 0 Å². The molecule has 1 aliphatic rings. The molecule has 4 rings (SSSR count). The lowest BCUT2D eigenvalue weighted by molar-refractivity contribution is -0.115. The number of nitriles is 2. The first-order chi connectivity index (χ1) is 18.8. The van der Waals surface area contributed by atoms with Gasteiger partial charge in [0, 0.05) is 22.6 Å². The van der Waals surface area contributed by atoms with Crippen molar-refractivity contribution >= 4 is 45.8 Å². The molecule has 1 unspecified atom stereocenters. The van der Waals surface area contributed by atoms with Crippen molar-refractivity contribution in [2.45, 2.75) is 51.0 Å². The first-order valence-corrected chi connectivity index (χ1v) is 14.5. The van der Waals surface area contributed by atoms with E-state index in [4.69, 9.17) is 10.5 Å². The van der Waals surface area contributed by atoms with Gasteiger partial charge in [-0.25, -0.2) is 9.78 Å². The summed E-state index contributed by atoms with van der Waals surface area (Å²) < 4.78 is 5.00. The van der Waals surface area contributed by atoms with Crippen molar-refractivity contribution in [3.8, 4) is 23.3 Å². The zero-order chi connectivity index (χ0) is 28.1. The highest BCUT2D eigenvalue weighted by molar-refractivity contribution is 7.99. The maximum Gasteiger partial charge on any atom is 0.341 e. The number of aryl methyl sites for hydroxylation is 1.